The highest BCUT2D eigenvalue weighted by molar-refractivity contribution is 7.80. The molecule has 1 aliphatic rings. The van der Waals surface area contributed by atoms with Gasteiger partial charge >= 0.3 is 0 Å². The molecule has 1 rings (SSSR count). The lowest BCUT2D eigenvalue weighted by Crippen LogP contribution is -2.58. The number of unbranched alkanes of at least 4 members (excludes halogenated alkanes) is 1. The Morgan fingerprint density at radius 3 is 2.36 bits per heavy atom. The van der Waals surface area contributed by atoms with Crippen molar-refractivity contribution in [3.05, 3.63) is 24.5 Å². The van der Waals surface area contributed by atoms with E-state index in [4.69, 9.17) is 10.5 Å². The van der Waals surface area contributed by atoms with Gasteiger partial charge in [0.25, 0.3) is 0 Å². The van der Waals surface area contributed by atoms with Crippen LogP contribution >= 0.6 is 25.3 Å². The first kappa shape index (κ1) is 31.8. The molecule has 0 aromatic carbocycles. The number of allylic oxidation sites excluding steroid dienone is 1. The fourth-order valence-corrected chi connectivity index (χ4v) is 3.88. The highest BCUT2D eigenvalue weighted by atomic mass is 32.1. The van der Waals surface area contributed by atoms with Gasteiger partial charge in [0.15, 0.2) is 0 Å². The maximum absolute atomic E-state index is 13.1. The van der Waals surface area contributed by atoms with Crippen molar-refractivity contribution in [1.82, 2.24) is 21.3 Å². The third-order valence-electron chi connectivity index (χ3n) is 5.47. The highest BCUT2D eigenvalue weighted by Crippen LogP contribution is 2.11. The molecule has 0 bridgehead atoms. The molecule has 6 N–H and O–H groups in total. The van der Waals surface area contributed by atoms with Gasteiger partial charge in [0.05, 0.1) is 13.0 Å². The van der Waals surface area contributed by atoms with Crippen molar-refractivity contribution in [2.75, 3.05) is 24.6 Å². The van der Waals surface area contributed by atoms with Gasteiger partial charge in [0.2, 0.25) is 23.6 Å². The number of nitrogens with two attached hydrogens (primary N) is 1. The molecule has 10 nitrogen and oxygen atoms in total. The van der Waals surface area contributed by atoms with E-state index in [2.05, 4.69) is 53.1 Å². The number of thiol groups is 2. The second-order valence-electron chi connectivity index (χ2n) is 8.94. The van der Waals surface area contributed by atoms with Crippen molar-refractivity contribution in [2.24, 2.45) is 11.7 Å². The first-order valence-electron chi connectivity index (χ1n) is 12.2. The molecule has 0 aromatic rings. The second-order valence-corrected chi connectivity index (χ2v) is 9.75. The Balaban J connectivity index is 3.25. The Kier molecular flexibility index (Phi) is 15.3. The number of hydrogen-bond acceptors (Lipinski definition) is 8. The lowest BCUT2D eigenvalue weighted by molar-refractivity contribution is -0.134. The first-order valence-corrected chi connectivity index (χ1v) is 13.5. The number of ether oxygens (including phenoxy) is 1. The normalized spacial score (nSPS) is 25.2. The summed E-state index contributed by atoms with van der Waals surface area (Å²) in [6, 6.07) is -2.71. The number of carbonyl (C=O) groups excluding carboxylic acids is 4. The topological polar surface area (TPSA) is 152 Å². The minimum atomic E-state index is -0.994. The van der Waals surface area contributed by atoms with Crippen molar-refractivity contribution in [2.45, 2.75) is 70.2 Å². The van der Waals surface area contributed by atoms with Gasteiger partial charge in [-0.05, 0) is 50.0 Å². The van der Waals surface area contributed by atoms with E-state index < -0.39 is 47.9 Å². The second kappa shape index (κ2) is 17.3. The number of rotatable bonds is 9. The van der Waals surface area contributed by atoms with Gasteiger partial charge in [-0.2, -0.15) is 25.3 Å². The van der Waals surface area contributed by atoms with Crippen molar-refractivity contribution in [3.8, 4) is 0 Å². The summed E-state index contributed by atoms with van der Waals surface area (Å²) in [5.41, 5.74) is 5.58. The molecule has 12 heteroatoms. The largest absolute Gasteiger partial charge is 0.489 e. The maximum atomic E-state index is 13.1. The van der Waals surface area contributed by atoms with Crippen LogP contribution in [-0.2, 0) is 23.9 Å². The summed E-state index contributed by atoms with van der Waals surface area (Å²) in [6.07, 6.45) is 5.19. The molecular weight excluding hydrogens is 502 g/mol. The summed E-state index contributed by atoms with van der Waals surface area (Å²) in [5, 5.41) is 10.8. The molecule has 4 amide bonds. The molecule has 1 fully saturated rings. The molecule has 1 saturated heterocycles. The lowest BCUT2D eigenvalue weighted by Gasteiger charge is -2.27. The van der Waals surface area contributed by atoms with Gasteiger partial charge in [-0.1, -0.05) is 26.5 Å². The highest BCUT2D eigenvalue weighted by Gasteiger charge is 2.31. The number of carbonyl (C=O) groups is 4. The number of amides is 4. The fraction of sp³-hybridized carbons (Fsp3) is 0.667. The average molecular weight is 544 g/mol. The van der Waals surface area contributed by atoms with Crippen LogP contribution in [0.5, 0.6) is 0 Å². The van der Waals surface area contributed by atoms with Crippen molar-refractivity contribution in [3.63, 3.8) is 0 Å². The molecule has 1 aliphatic heterocycles. The van der Waals surface area contributed by atoms with Crippen LogP contribution in [0.2, 0.25) is 0 Å². The van der Waals surface area contributed by atoms with Crippen LogP contribution in [0.3, 0.4) is 0 Å². The summed E-state index contributed by atoms with van der Waals surface area (Å²) in [4.78, 5) is 51.6. The summed E-state index contributed by atoms with van der Waals surface area (Å²) >= 11 is 8.39. The quantitative estimate of drug-likeness (QED) is 0.127. The van der Waals surface area contributed by atoms with Crippen molar-refractivity contribution < 1.29 is 23.9 Å². The van der Waals surface area contributed by atoms with Gasteiger partial charge in [-0.15, -0.1) is 0 Å². The molecule has 0 saturated carbocycles. The minimum Gasteiger partial charge on any atom is -0.489 e. The molecule has 0 aromatic heterocycles. The van der Waals surface area contributed by atoms with Crippen LogP contribution in [0.4, 0.5) is 0 Å². The summed E-state index contributed by atoms with van der Waals surface area (Å²) in [6.45, 7) is 7.91. The summed E-state index contributed by atoms with van der Waals surface area (Å²) < 4.78 is 5.83. The Labute approximate surface area is 224 Å². The van der Waals surface area contributed by atoms with E-state index >= 15 is 0 Å². The predicted octanol–water partition coefficient (Wildman–Crippen LogP) is 0.451. The zero-order valence-corrected chi connectivity index (χ0v) is 22.9. The van der Waals surface area contributed by atoms with Crippen LogP contribution in [0.1, 0.15) is 46.0 Å². The molecule has 1 unspecified atom stereocenters. The van der Waals surface area contributed by atoms with Gasteiger partial charge in [0.1, 0.15) is 30.0 Å². The van der Waals surface area contributed by atoms with E-state index in [1.165, 1.54) is 0 Å². The van der Waals surface area contributed by atoms with Gasteiger partial charge in [0, 0.05) is 5.75 Å². The Morgan fingerprint density at radius 1 is 1.06 bits per heavy atom. The maximum Gasteiger partial charge on any atom is 0.244 e. The van der Waals surface area contributed by atoms with Crippen LogP contribution in [0, 0.1) is 5.92 Å². The lowest BCUT2D eigenvalue weighted by atomic mass is 10.0. The molecule has 4 atom stereocenters. The van der Waals surface area contributed by atoms with Crippen LogP contribution in [0.25, 0.3) is 0 Å². The van der Waals surface area contributed by atoms with Gasteiger partial charge < -0.3 is 31.7 Å². The van der Waals surface area contributed by atoms with Gasteiger partial charge in [-0.3, -0.25) is 19.2 Å². The fourth-order valence-electron chi connectivity index (χ4n) is 3.48. The van der Waals surface area contributed by atoms with Crippen LogP contribution < -0.4 is 27.0 Å². The van der Waals surface area contributed by atoms with Crippen molar-refractivity contribution >= 4 is 48.9 Å². The van der Waals surface area contributed by atoms with E-state index in [-0.39, 0.29) is 30.4 Å². The third kappa shape index (κ3) is 11.7. The molecule has 0 spiro atoms. The predicted molar refractivity (Wildman–Crippen MR) is 147 cm³/mol. The zero-order valence-electron chi connectivity index (χ0n) is 21.1. The Bertz CT molecular complexity index is 793. The van der Waals surface area contributed by atoms with E-state index in [1.807, 2.05) is 6.08 Å². The van der Waals surface area contributed by atoms with E-state index in [1.54, 1.807) is 19.9 Å². The molecule has 0 radical (unpaired) electrons. The molecular formula is C24H41N5O5S2. The first-order chi connectivity index (χ1) is 17.1. The number of nitrogens with one attached hydrogen (secondary N) is 4. The molecule has 1 heterocycles. The van der Waals surface area contributed by atoms with Crippen LogP contribution in [0.15, 0.2) is 24.5 Å². The average Bonchev–Trinajstić information content (AvgIpc) is 2.82. The summed E-state index contributed by atoms with van der Waals surface area (Å²) in [5.74, 6) is -1.21. The van der Waals surface area contributed by atoms with Crippen LogP contribution in [-0.4, -0.2) is 72.5 Å². The zero-order chi connectivity index (χ0) is 27.1. The molecule has 204 valence electrons. The van der Waals surface area contributed by atoms with E-state index in [0.29, 0.717) is 38.0 Å². The molecule has 0 aliphatic carbocycles. The monoisotopic (exact) mass is 543 g/mol. The summed E-state index contributed by atoms with van der Waals surface area (Å²) in [7, 11) is 0. The Morgan fingerprint density at radius 2 is 1.75 bits per heavy atom. The Hall–Kier alpha value is -2.18. The SMILES string of the molecule is C=C1CNC(=O)[C@@H](C(C)C)NC(=O)C(CS)NC(=O)[C@@H](CCCCN)NC(=O)C[C@@H](/C=C/CCS)O1. The van der Waals surface area contributed by atoms with Crippen molar-refractivity contribution in [1.29, 1.82) is 0 Å². The van der Waals surface area contributed by atoms with Gasteiger partial charge in [-0.25, -0.2) is 0 Å². The number of hydrogen-bond donors (Lipinski definition) is 7. The third-order valence-corrected chi connectivity index (χ3v) is 6.10. The molecule has 36 heavy (non-hydrogen) atoms. The van der Waals surface area contributed by atoms with E-state index in [9.17, 15) is 19.2 Å². The minimum absolute atomic E-state index is 0.00486. The smallest absolute Gasteiger partial charge is 0.244 e. The standard InChI is InChI=1S/C24H41N5O5S2/c1-15(2)21-24(33)26-13-16(3)34-17(8-5-7-11-35)12-20(30)27-18(9-4-6-10-25)22(31)28-19(14-36)23(32)29-21/h5,8,15,17-19,21,35-36H,3-4,6-7,9-14,25H2,1-2H3,(H,26,33)(H,27,30)(H,28,31)(H,29,32)/b8-5+/t17-,18-,19?,21-/m1/s1. The van der Waals surface area contributed by atoms with E-state index in [0.717, 1.165) is 0 Å².